The monoisotopic (exact) mass is 276 g/mol. The highest BCUT2D eigenvalue weighted by Crippen LogP contribution is 2.66. The molecule has 4 rings (SSSR count). The third kappa shape index (κ3) is 1.82. The minimum absolute atomic E-state index is 0.681. The molecule has 4 unspecified atom stereocenters. The Bertz CT molecular complexity index is 468. The Labute approximate surface area is 118 Å². The van der Waals surface area contributed by atoms with Crippen molar-refractivity contribution >= 4 is 23.4 Å². The number of thioether (sulfide) groups is 1. The molecule has 0 spiro atoms. The Morgan fingerprint density at radius 1 is 1.16 bits per heavy atom. The Hall–Kier alpha value is -0.970. The van der Waals surface area contributed by atoms with Gasteiger partial charge in [-0.3, -0.25) is 0 Å². The van der Waals surface area contributed by atoms with Crippen LogP contribution in [0.25, 0.3) is 0 Å². The third-order valence-corrected chi connectivity index (χ3v) is 5.74. The first-order valence-electron chi connectivity index (χ1n) is 7.17. The van der Waals surface area contributed by atoms with E-state index in [0.29, 0.717) is 6.04 Å². The smallest absolute Gasteiger partial charge is 0.191 e. The molecule has 102 valence electrons. The molecule has 0 saturated heterocycles. The van der Waals surface area contributed by atoms with E-state index in [0.717, 1.165) is 40.5 Å². The van der Waals surface area contributed by atoms with E-state index in [1.54, 1.807) is 11.8 Å². The predicted molar refractivity (Wildman–Crippen MR) is 78.6 cm³/mol. The molecule has 1 heterocycles. The molecule has 3 aliphatic carbocycles. The average Bonchev–Trinajstić information content (AvgIpc) is 2.85. The second kappa shape index (κ2) is 4.27. The summed E-state index contributed by atoms with van der Waals surface area (Å²) in [6.07, 6.45) is 6.44. The highest BCUT2D eigenvalue weighted by atomic mass is 32.2. The van der Waals surface area contributed by atoms with Gasteiger partial charge >= 0.3 is 0 Å². The lowest BCUT2D eigenvalue weighted by Gasteiger charge is -2.12. The lowest BCUT2D eigenvalue weighted by Crippen LogP contribution is -2.14. The number of fused-ring (bicyclic) bond motifs is 5. The number of rotatable bonds is 4. The van der Waals surface area contributed by atoms with Crippen LogP contribution >= 0.6 is 11.8 Å². The van der Waals surface area contributed by atoms with Crippen LogP contribution < -0.4 is 10.6 Å². The van der Waals surface area contributed by atoms with Crippen molar-refractivity contribution in [2.75, 3.05) is 23.9 Å². The lowest BCUT2D eigenvalue weighted by molar-refractivity contribution is 0.456. The van der Waals surface area contributed by atoms with Crippen LogP contribution in [0.2, 0.25) is 0 Å². The second-order valence-corrected chi connectivity index (χ2v) is 6.81. The quantitative estimate of drug-likeness (QED) is 0.654. The van der Waals surface area contributed by atoms with E-state index in [4.69, 9.17) is 0 Å². The van der Waals surface area contributed by atoms with E-state index >= 15 is 0 Å². The molecule has 0 amide bonds. The molecule has 1 aromatic rings. The van der Waals surface area contributed by atoms with Crippen LogP contribution in [0.15, 0.2) is 11.2 Å². The molecule has 1 aromatic heterocycles. The molecular weight excluding hydrogens is 256 g/mol. The number of aromatic nitrogens is 2. The van der Waals surface area contributed by atoms with Crippen molar-refractivity contribution in [2.24, 2.45) is 23.7 Å². The van der Waals surface area contributed by atoms with Gasteiger partial charge in [-0.2, -0.15) is 0 Å². The number of hydrogen-bond donors (Lipinski definition) is 2. The number of hydrogen-bond acceptors (Lipinski definition) is 5. The predicted octanol–water partition coefficient (Wildman–Crippen LogP) is 2.70. The van der Waals surface area contributed by atoms with E-state index in [1.165, 1.54) is 19.3 Å². The zero-order chi connectivity index (χ0) is 13.0. The minimum atomic E-state index is 0.681. The van der Waals surface area contributed by atoms with Crippen LogP contribution in [0.3, 0.4) is 0 Å². The van der Waals surface area contributed by atoms with Gasteiger partial charge in [0.2, 0.25) is 0 Å². The van der Waals surface area contributed by atoms with Crippen LogP contribution in [-0.4, -0.2) is 29.3 Å². The first-order chi connectivity index (χ1) is 9.30. The molecule has 2 bridgehead atoms. The van der Waals surface area contributed by atoms with E-state index < -0.39 is 0 Å². The van der Waals surface area contributed by atoms with Crippen molar-refractivity contribution in [3.05, 3.63) is 6.07 Å². The van der Waals surface area contributed by atoms with Gasteiger partial charge in [-0.05, 0) is 49.2 Å². The van der Waals surface area contributed by atoms with Gasteiger partial charge < -0.3 is 10.6 Å². The van der Waals surface area contributed by atoms with E-state index in [2.05, 4.69) is 20.6 Å². The second-order valence-electron chi connectivity index (χ2n) is 6.03. The fourth-order valence-corrected chi connectivity index (χ4v) is 4.79. The van der Waals surface area contributed by atoms with Gasteiger partial charge in [0.1, 0.15) is 11.6 Å². The van der Waals surface area contributed by atoms with Crippen LogP contribution in [0, 0.1) is 23.7 Å². The molecule has 3 fully saturated rings. The lowest BCUT2D eigenvalue weighted by atomic mass is 10.0. The summed E-state index contributed by atoms with van der Waals surface area (Å²) < 4.78 is 0. The van der Waals surface area contributed by atoms with Crippen molar-refractivity contribution in [3.8, 4) is 0 Å². The first-order valence-corrected chi connectivity index (χ1v) is 8.40. The van der Waals surface area contributed by atoms with Gasteiger partial charge in [-0.15, -0.1) is 0 Å². The third-order valence-electron chi connectivity index (χ3n) is 5.19. The molecule has 4 atom stereocenters. The van der Waals surface area contributed by atoms with Gasteiger partial charge in [0.15, 0.2) is 5.16 Å². The van der Waals surface area contributed by atoms with Crippen molar-refractivity contribution < 1.29 is 0 Å². The highest BCUT2D eigenvalue weighted by Gasteiger charge is 2.65. The van der Waals surface area contributed by atoms with E-state index in [9.17, 15) is 0 Å². The van der Waals surface area contributed by atoms with Gasteiger partial charge in [0.05, 0.1) is 0 Å². The zero-order valence-electron chi connectivity index (χ0n) is 11.4. The van der Waals surface area contributed by atoms with Crippen LogP contribution in [0.1, 0.15) is 19.3 Å². The largest absolute Gasteiger partial charge is 0.373 e. The average molecular weight is 276 g/mol. The maximum Gasteiger partial charge on any atom is 0.191 e. The molecule has 0 radical (unpaired) electrons. The summed E-state index contributed by atoms with van der Waals surface area (Å²) >= 11 is 1.59. The van der Waals surface area contributed by atoms with Crippen molar-refractivity contribution in [1.29, 1.82) is 0 Å². The molecule has 2 N–H and O–H groups in total. The molecule has 19 heavy (non-hydrogen) atoms. The molecular formula is C14H20N4S. The first kappa shape index (κ1) is 11.8. The Balaban J connectivity index is 1.52. The highest BCUT2D eigenvalue weighted by molar-refractivity contribution is 7.98. The van der Waals surface area contributed by atoms with Gasteiger partial charge in [0, 0.05) is 19.2 Å². The van der Waals surface area contributed by atoms with Crippen molar-refractivity contribution in [2.45, 2.75) is 30.5 Å². The standard InChI is InChI=1S/C14H20N4S/c1-15-9-6-10(18-14(17-9)19-2)16-13-11-7-3-4-8(5-7)12(11)13/h6-8,11-13H,3-5H2,1-2H3,(H2,15,16,17,18). The van der Waals surface area contributed by atoms with Gasteiger partial charge in [-0.25, -0.2) is 9.97 Å². The van der Waals surface area contributed by atoms with Crippen LogP contribution in [-0.2, 0) is 0 Å². The fraction of sp³-hybridized carbons (Fsp3) is 0.714. The zero-order valence-corrected chi connectivity index (χ0v) is 12.2. The van der Waals surface area contributed by atoms with Gasteiger partial charge in [0.25, 0.3) is 0 Å². The summed E-state index contributed by atoms with van der Waals surface area (Å²) in [4.78, 5) is 8.99. The molecule has 0 aromatic carbocycles. The molecule has 3 aliphatic rings. The maximum absolute atomic E-state index is 4.58. The topological polar surface area (TPSA) is 49.8 Å². The molecule has 5 heteroatoms. The summed E-state index contributed by atoms with van der Waals surface area (Å²) in [5.41, 5.74) is 0. The van der Waals surface area contributed by atoms with Crippen molar-refractivity contribution in [3.63, 3.8) is 0 Å². The number of nitrogens with zero attached hydrogens (tertiary/aromatic N) is 2. The maximum atomic E-state index is 4.58. The summed E-state index contributed by atoms with van der Waals surface area (Å²) in [5, 5.41) is 7.61. The number of anilines is 2. The normalized spacial score (nSPS) is 38.1. The van der Waals surface area contributed by atoms with Crippen LogP contribution in [0.4, 0.5) is 11.6 Å². The van der Waals surface area contributed by atoms with Crippen molar-refractivity contribution in [1.82, 2.24) is 9.97 Å². The fourth-order valence-electron chi connectivity index (χ4n) is 4.41. The van der Waals surface area contributed by atoms with E-state index in [-0.39, 0.29) is 0 Å². The molecule has 4 nitrogen and oxygen atoms in total. The SMILES string of the molecule is CNc1cc(NC2C3C4CCC(C4)C23)nc(SC)n1. The summed E-state index contributed by atoms with van der Waals surface area (Å²) in [6, 6.07) is 2.70. The Morgan fingerprint density at radius 3 is 2.47 bits per heavy atom. The summed E-state index contributed by atoms with van der Waals surface area (Å²) in [7, 11) is 1.91. The van der Waals surface area contributed by atoms with Gasteiger partial charge in [-0.1, -0.05) is 11.8 Å². The van der Waals surface area contributed by atoms with Crippen LogP contribution in [0.5, 0.6) is 0 Å². The molecule has 3 saturated carbocycles. The molecule has 0 aliphatic heterocycles. The summed E-state index contributed by atoms with van der Waals surface area (Å²) in [5.74, 6) is 5.75. The minimum Gasteiger partial charge on any atom is -0.373 e. The van der Waals surface area contributed by atoms with E-state index in [1.807, 2.05) is 19.4 Å². The Kier molecular flexibility index (Phi) is 2.65. The summed E-state index contributed by atoms with van der Waals surface area (Å²) in [6.45, 7) is 0. The number of nitrogens with one attached hydrogen (secondary N) is 2. The Morgan fingerprint density at radius 2 is 1.84 bits per heavy atom.